The Morgan fingerprint density at radius 3 is 1.30 bits per heavy atom. The number of methoxy groups -OCH3 is 6. The van der Waals surface area contributed by atoms with Crippen molar-refractivity contribution in [1.82, 2.24) is 61.2 Å². The van der Waals surface area contributed by atoms with Crippen LogP contribution in [-0.2, 0) is 73.7 Å². The number of fused-ring (bicyclic) bond motifs is 12. The number of alkyl carbamates (subject to hydrolysis) is 4. The molecule has 16 rings (SSSR count). The number of hydrogen-bond acceptors (Lipinski definition) is 21. The van der Waals surface area contributed by atoms with Crippen LogP contribution in [0.5, 0.6) is 11.5 Å². The maximum absolute atomic E-state index is 14.1. The number of imidazole rings is 2. The molecule has 0 bridgehead atoms. The maximum atomic E-state index is 14.1. The number of amides is 7. The predicted octanol–water partition coefficient (Wildman–Crippen LogP) is 14.2. The molecule has 8 aromatic rings. The van der Waals surface area contributed by atoms with E-state index in [4.69, 9.17) is 58.2 Å². The number of H-pyrrole nitrogens is 2. The van der Waals surface area contributed by atoms with Crippen molar-refractivity contribution in [2.45, 2.75) is 169 Å². The lowest BCUT2D eigenvalue weighted by atomic mass is 9.90. The van der Waals surface area contributed by atoms with Crippen molar-refractivity contribution in [3.05, 3.63) is 131 Å². The van der Waals surface area contributed by atoms with Crippen molar-refractivity contribution >= 4 is 92.4 Å². The summed E-state index contributed by atoms with van der Waals surface area (Å²) < 4.78 is 42.5. The van der Waals surface area contributed by atoms with Crippen molar-refractivity contribution in [2.24, 2.45) is 57.3 Å². The van der Waals surface area contributed by atoms with Gasteiger partial charge in [-0.25, -0.2) is 33.9 Å². The highest BCUT2D eigenvalue weighted by molar-refractivity contribution is 6.08. The molecule has 31 nitrogen and oxygen atoms in total. The van der Waals surface area contributed by atoms with E-state index in [1.165, 1.54) is 50.5 Å². The molecule has 4 fully saturated rings. The number of carbonyl (C=O) groups is 8. The van der Waals surface area contributed by atoms with Gasteiger partial charge in [0.15, 0.2) is 0 Å². The Balaban J connectivity index is 0.000000204. The number of carboxylic acid groups (broad SMARTS) is 1. The molecule has 0 spiro atoms. The van der Waals surface area contributed by atoms with E-state index in [0.717, 1.165) is 152 Å². The van der Waals surface area contributed by atoms with E-state index in [9.17, 15) is 38.4 Å². The molecule has 6 aromatic carbocycles. The van der Waals surface area contributed by atoms with Crippen molar-refractivity contribution in [2.75, 3.05) is 82.1 Å². The minimum atomic E-state index is -1.06. The third kappa shape index (κ3) is 19.0. The Hall–Kier alpha value is -12.0. The number of aliphatic carboxylic acids is 1. The van der Waals surface area contributed by atoms with Gasteiger partial charge < -0.3 is 94.3 Å². The van der Waals surface area contributed by atoms with Gasteiger partial charge in [-0.15, -0.1) is 0 Å². The molecule has 0 radical (unpaired) electrons. The Labute approximate surface area is 730 Å². The summed E-state index contributed by atoms with van der Waals surface area (Å²) >= 11 is 0. The fraction of sp³-hybridized carbons (Fsp3) is 0.489. The first kappa shape index (κ1) is 89.3. The first-order valence-corrected chi connectivity index (χ1v) is 43.2. The van der Waals surface area contributed by atoms with Crippen molar-refractivity contribution in [3.8, 4) is 56.3 Å². The molecular weight excluding hydrogens is 1600 g/mol. The van der Waals surface area contributed by atoms with Crippen LogP contribution in [0, 0.1) is 47.3 Å². The molecular formula is C94H120N14O17. The average molecular weight is 1720 g/mol. The number of aromatic amines is 2. The Bertz CT molecular complexity index is 5500. The number of hydrogen-bond donors (Lipinski definition) is 8. The normalized spacial score (nSPS) is 21.0. The number of aliphatic imine (C=N–C) groups is 2. The average Bonchev–Trinajstić information content (AvgIpc) is 1.71. The number of nitrogens with zero attached hydrogens (tertiary/aromatic N) is 7. The first-order chi connectivity index (χ1) is 60.0. The quantitative estimate of drug-likeness (QED) is 0.0292. The lowest BCUT2D eigenvalue weighted by Gasteiger charge is -2.31. The van der Waals surface area contributed by atoms with Crippen molar-refractivity contribution in [1.29, 1.82) is 0 Å². The fourth-order valence-corrected chi connectivity index (χ4v) is 18.8. The van der Waals surface area contributed by atoms with Gasteiger partial charge in [0.05, 0.1) is 94.9 Å². The van der Waals surface area contributed by atoms with E-state index >= 15 is 0 Å². The number of carboxylic acids is 1. The zero-order chi connectivity index (χ0) is 89.1. The zero-order valence-electron chi connectivity index (χ0n) is 74.0. The van der Waals surface area contributed by atoms with Crippen LogP contribution in [0.1, 0.15) is 144 Å². The monoisotopic (exact) mass is 1720 g/mol. The molecule has 0 saturated carbocycles. The second-order valence-electron chi connectivity index (χ2n) is 35.6. The number of carbonyl (C=O) groups excluding carboxylic acids is 7. The minimum Gasteiger partial charge on any atom is -0.488 e. The van der Waals surface area contributed by atoms with Crippen LogP contribution < -0.4 is 36.1 Å². The van der Waals surface area contributed by atoms with Gasteiger partial charge in [0.2, 0.25) is 17.7 Å². The van der Waals surface area contributed by atoms with Gasteiger partial charge in [-0.2, -0.15) is 0 Å². The Morgan fingerprint density at radius 2 is 0.888 bits per heavy atom. The summed E-state index contributed by atoms with van der Waals surface area (Å²) in [7, 11) is 8.53. The number of rotatable bonds is 22. The van der Waals surface area contributed by atoms with Crippen LogP contribution in [0.4, 0.5) is 30.6 Å². The van der Waals surface area contributed by atoms with E-state index in [1.54, 1.807) is 28.1 Å². The van der Waals surface area contributed by atoms with E-state index in [2.05, 4.69) is 140 Å². The molecule has 2 aromatic heterocycles. The second kappa shape index (κ2) is 38.3. The lowest BCUT2D eigenvalue weighted by Crippen LogP contribution is -2.53. The molecule has 8 aliphatic heterocycles. The first-order valence-electron chi connectivity index (χ1n) is 43.2. The minimum absolute atomic E-state index is 0. The molecule has 10 heterocycles. The molecule has 8 N–H and O–H groups in total. The van der Waals surface area contributed by atoms with Gasteiger partial charge in [0.1, 0.15) is 60.5 Å². The molecule has 31 heteroatoms. The molecule has 7 amide bonds. The van der Waals surface area contributed by atoms with Crippen LogP contribution in [0.15, 0.2) is 107 Å². The number of benzene rings is 6. The van der Waals surface area contributed by atoms with Gasteiger partial charge in [0.25, 0.3) is 0 Å². The highest BCUT2D eigenvalue weighted by Gasteiger charge is 2.46. The summed E-state index contributed by atoms with van der Waals surface area (Å²) in [5, 5.41) is 27.2. The summed E-state index contributed by atoms with van der Waals surface area (Å²) in [5.41, 5.74) is 16.7. The molecule has 4 saturated heterocycles. The fourth-order valence-electron chi connectivity index (χ4n) is 18.8. The van der Waals surface area contributed by atoms with Crippen molar-refractivity contribution < 1.29 is 84.2 Å². The van der Waals surface area contributed by atoms with E-state index < -0.39 is 54.5 Å². The van der Waals surface area contributed by atoms with Gasteiger partial charge in [-0.3, -0.25) is 24.4 Å². The summed E-state index contributed by atoms with van der Waals surface area (Å²) in [6, 6.07) is 26.7. The van der Waals surface area contributed by atoms with Gasteiger partial charge in [-0.05, 0) is 182 Å². The third-order valence-electron chi connectivity index (χ3n) is 25.3. The number of ether oxygens (including phenoxy) is 8. The van der Waals surface area contributed by atoms with Crippen molar-refractivity contribution in [3.63, 3.8) is 0 Å². The van der Waals surface area contributed by atoms with Gasteiger partial charge in [-0.1, -0.05) is 106 Å². The van der Waals surface area contributed by atoms with Crippen LogP contribution in [-0.4, -0.2) is 218 Å². The standard InChI is InChI=1S/C47H57N7O8.C40H46N6O5.C7H13NO4.2H2/c1-24(2)41(51-46(57)60-7)44(55)53-20-26(5)13-39(53)43-48-19-37(50-43)29-9-11-31-30(15-29)23-62-40-18-32-28(16-34(31)40)10-12-35-33(32)17-36(49-35)38-14-27(22-59-6)21-54(38)45(56)42(25(3)4)52-47(58)61-8;1-21(2)37(45-40(48)50-5)39(47)46-18-22(3)10-35(46)38-42-17-34(44-38)25-6-8-27-26(12-25)20-51-36-15-28-24(13-30(27)36)7-9-31-29(28)14-33(43-31)32-11-23(16-41-32)19-49-4;1-4(2)5(6(9)10)8-7(11)12-3;;/h9-12,15-16,18-19,24-27,38-39,41-42H,13-14,17,20-23H2,1-8H3,(H,48,50)(H,51,57)(H,52,58);6-9,12-13,15,17,21-23,32,35,37,41H,10-11,14,16,18-20H2,1-5H3,(H,42,44)(H,45,48);4-5H,1-3H3,(H,8,11)(H,9,10);2*1H/t26-,27-,38-,39-,41-,42-;22-,23-,32-,35-,37-;5-;;/m000../s1. The topological polar surface area (TPSA) is 383 Å². The van der Waals surface area contributed by atoms with Gasteiger partial charge in [0, 0.05) is 90.6 Å². The second-order valence-corrected chi connectivity index (χ2v) is 35.6. The highest BCUT2D eigenvalue weighted by Crippen LogP contribution is 2.49. The van der Waals surface area contributed by atoms with Crippen LogP contribution in [0.3, 0.4) is 0 Å². The van der Waals surface area contributed by atoms with E-state index in [1.807, 2.05) is 68.6 Å². The number of nitrogens with one attached hydrogen (secondary N) is 7. The van der Waals surface area contributed by atoms with E-state index in [0.29, 0.717) is 69.6 Å². The van der Waals surface area contributed by atoms with Gasteiger partial charge >= 0.3 is 30.3 Å². The molecule has 12 atom stereocenters. The summed E-state index contributed by atoms with van der Waals surface area (Å²) in [6.45, 7) is 23.9. The third-order valence-corrected chi connectivity index (χ3v) is 25.3. The molecule has 0 unspecified atom stereocenters. The number of aromatic nitrogens is 4. The molecule has 8 aliphatic rings. The SMILES string of the molecule is COC(=O)N[C@H](C(=O)O)C(C)C.COC[C@@H]1CN[C@H](C2=Nc3ccc4cc5c(cc4c3C2)OCc2cc(-c3cnc([C@@H]4C[C@H](C)CN4C(=O)[C@@H](NC(=O)OC)C(C)C)[nH]3)ccc2-5)C1.COC[C@H]1C[C@@H](C2=Nc3ccc4cc5c(cc4c3C2)OCc2cc(-c3cnc([C@@H]4C[C@H](C)CN4C(=O)[C@@H](NC(=O)OC)C(C)C)[nH]3)ccc2-5)N(C(=O)[C@@H](NC(=O)OC)C(C)C)C1.[HH].[HH]. The highest BCUT2D eigenvalue weighted by atomic mass is 16.6. The lowest BCUT2D eigenvalue weighted by molar-refractivity contribution is -0.140. The molecule has 125 heavy (non-hydrogen) atoms. The molecule has 668 valence electrons. The Morgan fingerprint density at radius 1 is 0.480 bits per heavy atom. The van der Waals surface area contributed by atoms with Crippen LogP contribution in [0.2, 0.25) is 0 Å². The van der Waals surface area contributed by atoms with E-state index in [-0.39, 0.29) is 74.2 Å². The van der Waals surface area contributed by atoms with Crippen LogP contribution in [0.25, 0.3) is 66.3 Å². The zero-order valence-corrected chi connectivity index (χ0v) is 74.0. The maximum Gasteiger partial charge on any atom is 0.407 e. The number of likely N-dealkylation sites (tertiary alicyclic amines) is 3. The summed E-state index contributed by atoms with van der Waals surface area (Å²) in [5.74, 6) is 2.35. The summed E-state index contributed by atoms with van der Waals surface area (Å²) in [4.78, 5) is 131. The molecule has 0 aliphatic carbocycles. The predicted molar refractivity (Wildman–Crippen MR) is 476 cm³/mol. The largest absolute Gasteiger partial charge is 0.488 e. The smallest absolute Gasteiger partial charge is 0.407 e. The summed E-state index contributed by atoms with van der Waals surface area (Å²) in [6.07, 6.45) is 5.82. The Kier molecular flexibility index (Phi) is 27.3. The van der Waals surface area contributed by atoms with Crippen LogP contribution >= 0.6 is 0 Å².